The second-order valence-corrected chi connectivity index (χ2v) is 5.66. The van der Waals surface area contributed by atoms with Gasteiger partial charge >= 0.3 is 5.97 Å². The molecule has 1 aliphatic rings. The van der Waals surface area contributed by atoms with E-state index in [1.807, 2.05) is 0 Å². The molecule has 0 unspecified atom stereocenters. The molecule has 1 aromatic carbocycles. The Labute approximate surface area is 122 Å². The summed E-state index contributed by atoms with van der Waals surface area (Å²) in [6.45, 7) is 3.24. The molecule has 0 radical (unpaired) electrons. The van der Waals surface area contributed by atoms with E-state index in [4.69, 9.17) is 5.11 Å². The van der Waals surface area contributed by atoms with Crippen molar-refractivity contribution in [3.8, 4) is 0 Å². The number of carboxylic acid groups (broad SMARTS) is 1. The zero-order valence-electron chi connectivity index (χ0n) is 12.0. The molecule has 6 nitrogen and oxygen atoms in total. The van der Waals surface area contributed by atoms with Gasteiger partial charge in [0.05, 0.1) is 5.41 Å². The molecule has 3 N–H and O–H groups in total. The van der Waals surface area contributed by atoms with Gasteiger partial charge in [-0.1, -0.05) is 12.1 Å². The number of amides is 2. The third-order valence-electron chi connectivity index (χ3n) is 3.72. The van der Waals surface area contributed by atoms with Crippen molar-refractivity contribution in [2.45, 2.75) is 38.1 Å². The minimum atomic E-state index is -0.984. The molecule has 1 fully saturated rings. The van der Waals surface area contributed by atoms with E-state index in [2.05, 4.69) is 10.6 Å². The molecular weight excluding hydrogens is 272 g/mol. The lowest BCUT2D eigenvalue weighted by molar-refractivity contribution is -0.142. The van der Waals surface area contributed by atoms with E-state index < -0.39 is 17.4 Å². The molecule has 112 valence electrons. The highest BCUT2D eigenvalue weighted by Gasteiger charge is 2.30. The third kappa shape index (κ3) is 3.21. The number of nitrogens with one attached hydrogen (secondary N) is 2. The Balaban J connectivity index is 2.04. The van der Waals surface area contributed by atoms with Crippen LogP contribution in [0.3, 0.4) is 0 Å². The van der Waals surface area contributed by atoms with Gasteiger partial charge in [-0.25, -0.2) is 0 Å². The Morgan fingerprint density at radius 3 is 2.38 bits per heavy atom. The van der Waals surface area contributed by atoms with Crippen LogP contribution in [0.2, 0.25) is 0 Å². The van der Waals surface area contributed by atoms with E-state index >= 15 is 0 Å². The number of carbonyl (C=O) groups excluding carboxylic acids is 2. The first-order chi connectivity index (χ1) is 9.80. The molecule has 2 amide bonds. The van der Waals surface area contributed by atoms with E-state index in [1.165, 1.54) is 0 Å². The molecule has 0 spiro atoms. The number of carbonyl (C=O) groups is 3. The molecule has 0 bridgehead atoms. The highest BCUT2D eigenvalue weighted by Crippen LogP contribution is 2.25. The summed E-state index contributed by atoms with van der Waals surface area (Å²) in [5.41, 5.74) is 0.246. The maximum absolute atomic E-state index is 11.9. The lowest BCUT2D eigenvalue weighted by Gasteiger charge is -2.20. The summed E-state index contributed by atoms with van der Waals surface area (Å²) in [5, 5.41) is 14.5. The van der Waals surface area contributed by atoms with Gasteiger partial charge in [-0.15, -0.1) is 0 Å². The Kier molecular flexibility index (Phi) is 3.97. The molecule has 6 heteroatoms. The standard InChI is InChI=1S/C15H18N2O4/c1-15(2,14(20)21)9-3-5-10(6-4-9)16-13(19)11-7-8-12(18)17-11/h3-6,11H,7-8H2,1-2H3,(H,16,19)(H,17,18)(H,20,21)/t11-/m0/s1. The van der Waals surface area contributed by atoms with Gasteiger partial charge in [-0.05, 0) is 38.0 Å². The number of benzene rings is 1. The fraction of sp³-hybridized carbons (Fsp3) is 0.400. The summed E-state index contributed by atoms with van der Waals surface area (Å²) < 4.78 is 0. The summed E-state index contributed by atoms with van der Waals surface area (Å²) in [7, 11) is 0. The van der Waals surface area contributed by atoms with Crippen molar-refractivity contribution in [3.63, 3.8) is 0 Å². The Morgan fingerprint density at radius 2 is 1.90 bits per heavy atom. The molecule has 0 aliphatic carbocycles. The minimum absolute atomic E-state index is 0.117. The first-order valence-corrected chi connectivity index (χ1v) is 6.75. The first kappa shape index (κ1) is 15.0. The van der Waals surface area contributed by atoms with Crippen molar-refractivity contribution in [1.29, 1.82) is 0 Å². The third-order valence-corrected chi connectivity index (χ3v) is 3.72. The average molecular weight is 290 g/mol. The van der Waals surface area contributed by atoms with Crippen LogP contribution in [-0.4, -0.2) is 28.9 Å². The van der Waals surface area contributed by atoms with Crippen molar-refractivity contribution in [1.82, 2.24) is 5.32 Å². The minimum Gasteiger partial charge on any atom is -0.481 e. The van der Waals surface area contributed by atoms with Gasteiger partial charge in [0.25, 0.3) is 0 Å². The highest BCUT2D eigenvalue weighted by atomic mass is 16.4. The van der Waals surface area contributed by atoms with Gasteiger partial charge < -0.3 is 15.7 Å². The fourth-order valence-corrected chi connectivity index (χ4v) is 2.13. The Morgan fingerprint density at radius 1 is 1.29 bits per heavy atom. The largest absolute Gasteiger partial charge is 0.481 e. The summed E-state index contributed by atoms with van der Waals surface area (Å²) in [4.78, 5) is 34.2. The van der Waals surface area contributed by atoms with Gasteiger partial charge in [-0.3, -0.25) is 14.4 Å². The maximum atomic E-state index is 11.9. The van der Waals surface area contributed by atoms with Crippen LogP contribution in [0, 0.1) is 0 Å². The molecule has 0 aromatic heterocycles. The molecule has 0 saturated carbocycles. The van der Waals surface area contributed by atoms with Crippen LogP contribution >= 0.6 is 0 Å². The van der Waals surface area contributed by atoms with Gasteiger partial charge in [-0.2, -0.15) is 0 Å². The first-order valence-electron chi connectivity index (χ1n) is 6.75. The SMILES string of the molecule is CC(C)(C(=O)O)c1ccc(NC(=O)[C@@H]2CCC(=O)N2)cc1. The molecular formula is C15H18N2O4. The van der Waals surface area contributed by atoms with Gasteiger partial charge in [0.1, 0.15) is 6.04 Å². The summed E-state index contributed by atoms with van der Waals surface area (Å²) in [6.07, 6.45) is 0.860. The summed E-state index contributed by atoms with van der Waals surface area (Å²) in [6, 6.07) is 6.18. The van der Waals surface area contributed by atoms with Crippen molar-refractivity contribution in [2.24, 2.45) is 0 Å². The van der Waals surface area contributed by atoms with Gasteiger partial charge in [0.15, 0.2) is 0 Å². The van der Waals surface area contributed by atoms with Crippen LogP contribution in [0.1, 0.15) is 32.3 Å². The van der Waals surface area contributed by atoms with Crippen LogP contribution in [0.15, 0.2) is 24.3 Å². The molecule has 2 rings (SSSR count). The van der Waals surface area contributed by atoms with Crippen molar-refractivity contribution >= 4 is 23.5 Å². The average Bonchev–Trinajstić information content (AvgIpc) is 2.86. The topological polar surface area (TPSA) is 95.5 Å². The molecule has 1 heterocycles. The molecule has 1 aromatic rings. The van der Waals surface area contributed by atoms with Crippen LogP contribution < -0.4 is 10.6 Å². The van der Waals surface area contributed by atoms with E-state index in [0.717, 1.165) is 0 Å². The zero-order valence-corrected chi connectivity index (χ0v) is 12.0. The summed E-state index contributed by atoms with van der Waals surface area (Å²) >= 11 is 0. The van der Waals surface area contributed by atoms with Crippen LogP contribution in [0.4, 0.5) is 5.69 Å². The second-order valence-electron chi connectivity index (χ2n) is 5.66. The molecule has 21 heavy (non-hydrogen) atoms. The fourth-order valence-electron chi connectivity index (χ4n) is 2.13. The van der Waals surface area contributed by atoms with Crippen LogP contribution in [0.5, 0.6) is 0 Å². The number of carboxylic acids is 1. The second kappa shape index (κ2) is 5.55. The predicted molar refractivity (Wildman–Crippen MR) is 76.9 cm³/mol. The van der Waals surface area contributed by atoms with E-state index in [-0.39, 0.29) is 11.8 Å². The molecule has 1 atom stereocenters. The Hall–Kier alpha value is -2.37. The molecule has 1 aliphatic heterocycles. The number of hydrogen-bond donors (Lipinski definition) is 3. The van der Waals surface area contributed by atoms with Crippen molar-refractivity contribution < 1.29 is 19.5 Å². The van der Waals surface area contributed by atoms with Crippen LogP contribution in [-0.2, 0) is 19.8 Å². The van der Waals surface area contributed by atoms with Gasteiger partial charge in [0.2, 0.25) is 11.8 Å². The van der Waals surface area contributed by atoms with E-state index in [0.29, 0.717) is 24.1 Å². The number of aliphatic carboxylic acids is 1. The molecule has 1 saturated heterocycles. The van der Waals surface area contributed by atoms with Crippen LogP contribution in [0.25, 0.3) is 0 Å². The van der Waals surface area contributed by atoms with Crippen molar-refractivity contribution in [3.05, 3.63) is 29.8 Å². The van der Waals surface area contributed by atoms with Gasteiger partial charge in [0, 0.05) is 12.1 Å². The van der Waals surface area contributed by atoms with Crippen molar-refractivity contribution in [2.75, 3.05) is 5.32 Å². The highest BCUT2D eigenvalue weighted by molar-refractivity contribution is 5.99. The lowest BCUT2D eigenvalue weighted by atomic mass is 9.85. The monoisotopic (exact) mass is 290 g/mol. The quantitative estimate of drug-likeness (QED) is 0.778. The number of hydrogen-bond acceptors (Lipinski definition) is 3. The maximum Gasteiger partial charge on any atom is 0.313 e. The lowest BCUT2D eigenvalue weighted by Crippen LogP contribution is -2.37. The smallest absolute Gasteiger partial charge is 0.313 e. The number of anilines is 1. The van der Waals surface area contributed by atoms with E-state index in [9.17, 15) is 14.4 Å². The summed E-state index contributed by atoms with van der Waals surface area (Å²) in [5.74, 6) is -1.28. The van der Waals surface area contributed by atoms with E-state index in [1.54, 1.807) is 38.1 Å². The zero-order chi connectivity index (χ0) is 15.6. The Bertz CT molecular complexity index is 578. The number of rotatable bonds is 4. The normalized spacial score (nSPS) is 18.2. The predicted octanol–water partition coefficient (Wildman–Crippen LogP) is 1.27.